The fraction of sp³-hybridized carbons (Fsp3) is 0.969. The van der Waals surface area contributed by atoms with Crippen LogP contribution >= 0.6 is 0 Å². The van der Waals surface area contributed by atoms with Crippen molar-refractivity contribution in [3.63, 3.8) is 0 Å². The fourth-order valence-corrected chi connectivity index (χ4v) is 7.43. The molecule has 0 saturated carbocycles. The molecule has 17 N–H and O–H groups in total. The van der Waals surface area contributed by atoms with E-state index >= 15 is 0 Å². The molecular formula is C32H55NO26. The Hall–Kier alpha value is -1.53. The summed E-state index contributed by atoms with van der Waals surface area (Å²) >= 11 is 0. The molecule has 27 nitrogen and oxygen atoms in total. The summed E-state index contributed by atoms with van der Waals surface area (Å²) in [5.41, 5.74) is 0. The Morgan fingerprint density at radius 1 is 0.407 bits per heavy atom. The minimum Gasteiger partial charge on any atom is -0.394 e. The van der Waals surface area contributed by atoms with Crippen molar-refractivity contribution in [3.05, 3.63) is 0 Å². The average molecular weight is 870 g/mol. The Balaban J connectivity index is 1.32. The van der Waals surface area contributed by atoms with E-state index in [4.69, 9.17) is 42.6 Å². The first-order valence-corrected chi connectivity index (χ1v) is 18.6. The van der Waals surface area contributed by atoms with Gasteiger partial charge in [0.2, 0.25) is 5.91 Å². The van der Waals surface area contributed by atoms with E-state index in [-0.39, 0.29) is 0 Å². The lowest BCUT2D eigenvalue weighted by Gasteiger charge is -2.49. The number of carbonyl (C=O) groups excluding carboxylic acids is 1. The van der Waals surface area contributed by atoms with E-state index in [0.717, 1.165) is 6.92 Å². The summed E-state index contributed by atoms with van der Waals surface area (Å²) in [5, 5.41) is 170. The second-order valence-electron chi connectivity index (χ2n) is 14.7. The van der Waals surface area contributed by atoms with Crippen molar-refractivity contribution in [3.8, 4) is 0 Å². The van der Waals surface area contributed by atoms with Crippen molar-refractivity contribution in [1.82, 2.24) is 5.32 Å². The van der Waals surface area contributed by atoms with Crippen molar-refractivity contribution in [2.75, 3.05) is 33.0 Å². The van der Waals surface area contributed by atoms with Gasteiger partial charge >= 0.3 is 0 Å². The van der Waals surface area contributed by atoms with Crippen LogP contribution < -0.4 is 5.32 Å². The Kier molecular flexibility index (Phi) is 17.1. The maximum absolute atomic E-state index is 11.9. The maximum Gasteiger partial charge on any atom is 0.217 e. The number of ether oxygens (including phenoxy) is 9. The van der Waals surface area contributed by atoms with Crippen LogP contribution in [0.15, 0.2) is 0 Å². The standard InChI is InChI=1S/C32H55NO26/c1-7(39)33-13-17(43)14(40)8(2-34)52-29(13)58-26-15(41)9(3-35)54-32(22(26)48)59-27-16(42)10(4-36)53-31(23(27)49)57-25-12(6-38)55-30(21(47)19(25)45)56-24-11(5-37)51-28(50)20(46)18(24)44/h8-32,34-38,40-50H,2-6H2,1H3,(H,33,39)/t8-,9-,10-,11-,12-,13-,14+,15+,16+,17-,18-,19-,20-,21-,22-,23-,24-,25+,26+,27+,28-,29+,30+,31-,32-/m1/s1. The average Bonchev–Trinajstić information content (AvgIpc) is 3.21. The van der Waals surface area contributed by atoms with Crippen LogP contribution in [0.1, 0.15) is 6.92 Å². The van der Waals surface area contributed by atoms with Crippen LogP contribution in [0.25, 0.3) is 0 Å². The van der Waals surface area contributed by atoms with Crippen molar-refractivity contribution in [2.45, 2.75) is 160 Å². The fourth-order valence-electron chi connectivity index (χ4n) is 7.43. The third-order valence-corrected chi connectivity index (χ3v) is 10.7. The molecule has 344 valence electrons. The Labute approximate surface area is 333 Å². The monoisotopic (exact) mass is 869 g/mol. The van der Waals surface area contributed by atoms with Gasteiger partial charge in [0.05, 0.1) is 33.0 Å². The van der Waals surface area contributed by atoms with Crippen LogP contribution in [0.4, 0.5) is 0 Å². The third-order valence-electron chi connectivity index (χ3n) is 10.7. The first-order chi connectivity index (χ1) is 27.9. The molecule has 0 aromatic carbocycles. The van der Waals surface area contributed by atoms with Crippen molar-refractivity contribution < 1.29 is 129 Å². The van der Waals surface area contributed by atoms with Gasteiger partial charge in [-0.3, -0.25) is 4.79 Å². The molecule has 1 amide bonds. The van der Waals surface area contributed by atoms with E-state index in [1.54, 1.807) is 0 Å². The molecule has 25 atom stereocenters. The molecule has 5 aliphatic rings. The van der Waals surface area contributed by atoms with E-state index in [1.165, 1.54) is 0 Å². The van der Waals surface area contributed by atoms with Crippen LogP contribution in [0, 0.1) is 0 Å². The zero-order valence-corrected chi connectivity index (χ0v) is 31.2. The van der Waals surface area contributed by atoms with Crippen molar-refractivity contribution >= 4 is 5.91 Å². The second kappa shape index (κ2) is 20.8. The number of rotatable bonds is 14. The van der Waals surface area contributed by atoms with Gasteiger partial charge in [0, 0.05) is 6.92 Å². The zero-order chi connectivity index (χ0) is 43.6. The minimum atomic E-state index is -2.15. The van der Waals surface area contributed by atoms with Gasteiger partial charge in [-0.05, 0) is 0 Å². The number of hydrogen-bond donors (Lipinski definition) is 17. The number of carbonyl (C=O) groups is 1. The van der Waals surface area contributed by atoms with Crippen molar-refractivity contribution in [2.24, 2.45) is 0 Å². The molecule has 0 aromatic heterocycles. The van der Waals surface area contributed by atoms with Gasteiger partial charge in [0.15, 0.2) is 31.5 Å². The summed E-state index contributed by atoms with van der Waals surface area (Å²) in [6.07, 6.45) is -44.5. The number of hydrogen-bond acceptors (Lipinski definition) is 26. The van der Waals surface area contributed by atoms with Gasteiger partial charge in [0.1, 0.15) is 122 Å². The lowest BCUT2D eigenvalue weighted by molar-refractivity contribution is -0.392. The van der Waals surface area contributed by atoms with Gasteiger partial charge < -0.3 is 130 Å². The summed E-state index contributed by atoms with van der Waals surface area (Å²) in [7, 11) is 0. The SMILES string of the molecule is CC(=O)N[C@H]1[C@H](O[C@H]2[C@@H](O)[C@@H](CO)O[C@H](O[C@H]3[C@@H](O)[C@@H](CO)O[C@H](O[C@@H]4[C@H](O)[C@@H](O)[C@H](O[C@H]5[C@H](O)[C@@H](O)[C@H](O)O[C@@H]5CO)O[C@@H]4CO)[C@@H]3O)[C@@H]2O)O[C@H](CO)[C@H](O)[C@@H]1O. The van der Waals surface area contributed by atoms with Crippen LogP contribution in [0.3, 0.4) is 0 Å². The van der Waals surface area contributed by atoms with Crippen LogP contribution in [-0.2, 0) is 47.4 Å². The number of aliphatic hydroxyl groups excluding tert-OH is 16. The highest BCUT2D eigenvalue weighted by molar-refractivity contribution is 5.73. The van der Waals surface area contributed by atoms with E-state index in [2.05, 4.69) is 5.32 Å². The number of aliphatic hydroxyl groups is 16. The molecule has 27 heteroatoms. The Morgan fingerprint density at radius 2 is 0.763 bits per heavy atom. The van der Waals surface area contributed by atoms with E-state index in [1.807, 2.05) is 0 Å². The molecule has 5 rings (SSSR count). The molecule has 5 fully saturated rings. The highest BCUT2D eigenvalue weighted by Crippen LogP contribution is 2.35. The summed E-state index contributed by atoms with van der Waals surface area (Å²) in [4.78, 5) is 11.9. The van der Waals surface area contributed by atoms with Crippen LogP contribution in [0.5, 0.6) is 0 Å². The molecule has 5 saturated heterocycles. The largest absolute Gasteiger partial charge is 0.394 e. The summed E-state index contributed by atoms with van der Waals surface area (Å²) in [5.74, 6) is -0.728. The molecule has 0 unspecified atom stereocenters. The molecule has 0 bridgehead atoms. The first kappa shape index (κ1) is 48.5. The summed E-state index contributed by atoms with van der Waals surface area (Å²) in [6, 6.07) is -1.55. The smallest absolute Gasteiger partial charge is 0.217 e. The van der Waals surface area contributed by atoms with Crippen molar-refractivity contribution in [1.29, 1.82) is 0 Å². The topological polar surface area (TPSA) is 436 Å². The van der Waals surface area contributed by atoms with Gasteiger partial charge in [-0.15, -0.1) is 0 Å². The molecule has 0 spiro atoms. The highest BCUT2D eigenvalue weighted by atomic mass is 16.8. The van der Waals surface area contributed by atoms with Gasteiger partial charge in [0.25, 0.3) is 0 Å². The van der Waals surface area contributed by atoms with Gasteiger partial charge in [-0.25, -0.2) is 0 Å². The highest BCUT2D eigenvalue weighted by Gasteiger charge is 2.56. The minimum absolute atomic E-state index is 0.728. The summed E-state index contributed by atoms with van der Waals surface area (Å²) < 4.78 is 49.8. The third kappa shape index (κ3) is 10.2. The quantitative estimate of drug-likeness (QED) is 0.0770. The van der Waals surface area contributed by atoms with E-state index < -0.39 is 192 Å². The zero-order valence-electron chi connectivity index (χ0n) is 31.2. The van der Waals surface area contributed by atoms with E-state index in [0.29, 0.717) is 0 Å². The van der Waals surface area contributed by atoms with E-state index in [9.17, 15) is 86.5 Å². The number of amides is 1. The van der Waals surface area contributed by atoms with Crippen LogP contribution in [-0.4, -0.2) is 274 Å². The molecule has 5 heterocycles. The van der Waals surface area contributed by atoms with Gasteiger partial charge in [-0.1, -0.05) is 0 Å². The first-order valence-electron chi connectivity index (χ1n) is 18.6. The van der Waals surface area contributed by atoms with Crippen LogP contribution in [0.2, 0.25) is 0 Å². The lowest BCUT2D eigenvalue weighted by atomic mass is 9.95. The Bertz CT molecular complexity index is 1320. The predicted octanol–water partition coefficient (Wildman–Crippen LogP) is -11.8. The second-order valence-corrected chi connectivity index (χ2v) is 14.7. The van der Waals surface area contributed by atoms with Gasteiger partial charge in [-0.2, -0.15) is 0 Å². The number of nitrogens with one attached hydrogen (secondary N) is 1. The molecule has 0 radical (unpaired) electrons. The maximum atomic E-state index is 11.9. The molecule has 59 heavy (non-hydrogen) atoms. The normalized spacial score (nSPS) is 51.0. The summed E-state index contributed by atoms with van der Waals surface area (Å²) in [6.45, 7) is -3.54. The molecule has 5 aliphatic heterocycles. The Morgan fingerprint density at radius 3 is 1.22 bits per heavy atom. The lowest BCUT2D eigenvalue weighted by Crippen LogP contribution is -2.69. The molecular weight excluding hydrogens is 814 g/mol. The predicted molar refractivity (Wildman–Crippen MR) is 178 cm³/mol. The molecule has 0 aromatic rings. The molecule has 0 aliphatic carbocycles.